The molecule has 4 rings (SSSR count). The van der Waals surface area contributed by atoms with Gasteiger partial charge in [0, 0.05) is 31.1 Å². The lowest BCUT2D eigenvalue weighted by Crippen LogP contribution is -2.26. The first-order valence-electron chi connectivity index (χ1n) is 11.5. The van der Waals surface area contributed by atoms with Gasteiger partial charge >= 0.3 is 5.97 Å². The van der Waals surface area contributed by atoms with Crippen molar-refractivity contribution in [1.29, 1.82) is 0 Å². The Morgan fingerprint density at radius 3 is 2.37 bits per heavy atom. The van der Waals surface area contributed by atoms with Crippen molar-refractivity contribution < 1.29 is 19.1 Å². The van der Waals surface area contributed by atoms with Gasteiger partial charge in [-0.3, -0.25) is 9.59 Å². The molecule has 7 heteroatoms. The summed E-state index contributed by atoms with van der Waals surface area (Å²) in [5.41, 5.74) is 4.82. The number of carboxylic acids is 1. The van der Waals surface area contributed by atoms with E-state index in [0.717, 1.165) is 11.1 Å². The maximum absolute atomic E-state index is 13.5. The van der Waals surface area contributed by atoms with E-state index in [9.17, 15) is 14.0 Å². The minimum absolute atomic E-state index is 0.0826. The molecule has 0 saturated heterocycles. The first-order valence-corrected chi connectivity index (χ1v) is 11.5. The molecule has 3 aromatic carbocycles. The van der Waals surface area contributed by atoms with Crippen LogP contribution in [-0.4, -0.2) is 38.9 Å². The van der Waals surface area contributed by atoms with Crippen LogP contribution in [0, 0.1) is 5.82 Å². The van der Waals surface area contributed by atoms with E-state index in [2.05, 4.69) is 0 Å². The van der Waals surface area contributed by atoms with Gasteiger partial charge in [0.05, 0.1) is 22.4 Å². The van der Waals surface area contributed by atoms with E-state index in [1.165, 1.54) is 12.1 Å². The van der Waals surface area contributed by atoms with Crippen molar-refractivity contribution >= 4 is 22.9 Å². The number of aryl methyl sites for hydroxylation is 1. The zero-order valence-electron chi connectivity index (χ0n) is 19.4. The van der Waals surface area contributed by atoms with E-state index in [1.807, 2.05) is 30.3 Å². The Balaban J connectivity index is 1.64. The molecular formula is C28H26FN3O3. The van der Waals surface area contributed by atoms with Crippen LogP contribution in [0.1, 0.15) is 40.9 Å². The third-order valence-electron chi connectivity index (χ3n) is 5.76. The lowest BCUT2D eigenvalue weighted by atomic mass is 10.0. The van der Waals surface area contributed by atoms with Crippen molar-refractivity contribution in [3.05, 3.63) is 95.4 Å². The summed E-state index contributed by atoms with van der Waals surface area (Å²) in [6.45, 7) is 0.488. The summed E-state index contributed by atoms with van der Waals surface area (Å²) in [6.07, 6.45) is 1.74. The standard InChI is InChI=1S/C28H26FN3O3/c1-32(18-19-7-3-2-4-8-19)28(35)21-13-16-23-25(17-21)30-24(9-5-6-10-26(33)34)27(31-23)20-11-14-22(29)15-12-20/h2-4,7-8,11-17H,5-6,9-10,18H2,1H3,(H,33,34). The SMILES string of the molecule is CN(Cc1ccccc1)C(=O)c1ccc2nc(-c3ccc(F)cc3)c(CCCCC(=O)O)nc2c1. The van der Waals surface area contributed by atoms with Crippen molar-refractivity contribution in [1.82, 2.24) is 14.9 Å². The van der Waals surface area contributed by atoms with E-state index in [1.54, 1.807) is 42.3 Å². The number of rotatable bonds is 9. The van der Waals surface area contributed by atoms with Gasteiger partial charge in [-0.05, 0) is 67.3 Å². The zero-order valence-corrected chi connectivity index (χ0v) is 19.4. The Morgan fingerprint density at radius 1 is 0.914 bits per heavy atom. The molecule has 1 heterocycles. The quantitative estimate of drug-likeness (QED) is 0.326. The highest BCUT2D eigenvalue weighted by Gasteiger charge is 2.16. The summed E-state index contributed by atoms with van der Waals surface area (Å²) in [5, 5.41) is 8.93. The molecule has 0 fully saturated rings. The number of hydrogen-bond acceptors (Lipinski definition) is 4. The second-order valence-electron chi connectivity index (χ2n) is 8.48. The molecule has 0 aliphatic heterocycles. The largest absolute Gasteiger partial charge is 0.481 e. The number of benzene rings is 3. The zero-order chi connectivity index (χ0) is 24.8. The van der Waals surface area contributed by atoms with Gasteiger partial charge in [0.25, 0.3) is 5.91 Å². The molecular weight excluding hydrogens is 445 g/mol. The van der Waals surface area contributed by atoms with E-state index in [0.29, 0.717) is 53.8 Å². The third kappa shape index (κ3) is 6.06. The number of unbranched alkanes of at least 4 members (excludes halogenated alkanes) is 1. The molecule has 0 aliphatic rings. The van der Waals surface area contributed by atoms with Gasteiger partial charge in [0.1, 0.15) is 5.82 Å². The number of aromatic nitrogens is 2. The van der Waals surface area contributed by atoms with Crippen LogP contribution in [0.4, 0.5) is 4.39 Å². The van der Waals surface area contributed by atoms with Crippen LogP contribution in [-0.2, 0) is 17.8 Å². The summed E-state index contributed by atoms with van der Waals surface area (Å²) < 4.78 is 13.5. The van der Waals surface area contributed by atoms with Crippen LogP contribution in [0.2, 0.25) is 0 Å². The highest BCUT2D eigenvalue weighted by Crippen LogP contribution is 2.26. The van der Waals surface area contributed by atoms with Gasteiger partial charge in [-0.15, -0.1) is 0 Å². The average molecular weight is 472 g/mol. The molecule has 0 atom stereocenters. The second-order valence-corrected chi connectivity index (χ2v) is 8.48. The minimum atomic E-state index is -0.837. The number of carbonyl (C=O) groups excluding carboxylic acids is 1. The van der Waals surface area contributed by atoms with Gasteiger partial charge in [0.2, 0.25) is 0 Å². The van der Waals surface area contributed by atoms with Crippen LogP contribution in [0.25, 0.3) is 22.3 Å². The Labute approximate surface area is 203 Å². The molecule has 0 unspecified atom stereocenters. The molecule has 178 valence electrons. The minimum Gasteiger partial charge on any atom is -0.481 e. The molecule has 1 N–H and O–H groups in total. The number of amides is 1. The summed E-state index contributed by atoms with van der Waals surface area (Å²) in [5.74, 6) is -1.30. The topological polar surface area (TPSA) is 83.4 Å². The van der Waals surface area contributed by atoms with Gasteiger partial charge in [-0.25, -0.2) is 14.4 Å². The average Bonchev–Trinajstić information content (AvgIpc) is 2.86. The smallest absolute Gasteiger partial charge is 0.303 e. The third-order valence-corrected chi connectivity index (χ3v) is 5.76. The Kier molecular flexibility index (Phi) is 7.45. The maximum Gasteiger partial charge on any atom is 0.303 e. The molecule has 35 heavy (non-hydrogen) atoms. The fraction of sp³-hybridized carbons (Fsp3) is 0.214. The highest BCUT2D eigenvalue weighted by molar-refractivity contribution is 5.97. The van der Waals surface area contributed by atoms with E-state index >= 15 is 0 Å². The Hall–Kier alpha value is -4.13. The number of nitrogens with zero attached hydrogens (tertiary/aromatic N) is 3. The van der Waals surface area contributed by atoms with Crippen molar-refractivity contribution in [2.45, 2.75) is 32.2 Å². The van der Waals surface area contributed by atoms with Gasteiger partial charge in [0.15, 0.2) is 0 Å². The highest BCUT2D eigenvalue weighted by atomic mass is 19.1. The van der Waals surface area contributed by atoms with E-state index in [-0.39, 0.29) is 18.1 Å². The van der Waals surface area contributed by atoms with Gasteiger partial charge in [-0.2, -0.15) is 0 Å². The normalized spacial score (nSPS) is 10.9. The van der Waals surface area contributed by atoms with Crippen LogP contribution in [0.15, 0.2) is 72.8 Å². The summed E-state index contributed by atoms with van der Waals surface area (Å²) in [4.78, 5) is 35.2. The summed E-state index contributed by atoms with van der Waals surface area (Å²) >= 11 is 0. The molecule has 6 nitrogen and oxygen atoms in total. The fourth-order valence-corrected chi connectivity index (χ4v) is 3.96. The molecule has 0 bridgehead atoms. The van der Waals surface area contributed by atoms with Crippen LogP contribution in [0.3, 0.4) is 0 Å². The first kappa shape index (κ1) is 24.0. The molecule has 0 saturated carbocycles. The van der Waals surface area contributed by atoms with Gasteiger partial charge in [-0.1, -0.05) is 30.3 Å². The van der Waals surface area contributed by atoms with Crippen LogP contribution < -0.4 is 0 Å². The number of carboxylic acid groups (broad SMARTS) is 1. The first-order chi connectivity index (χ1) is 16.9. The summed E-state index contributed by atoms with van der Waals surface area (Å²) in [7, 11) is 1.76. The van der Waals surface area contributed by atoms with E-state index < -0.39 is 5.97 Å². The number of aliphatic carboxylic acids is 1. The predicted molar refractivity (Wildman–Crippen MR) is 132 cm³/mol. The lowest BCUT2D eigenvalue weighted by molar-refractivity contribution is -0.137. The molecule has 0 radical (unpaired) electrons. The van der Waals surface area contributed by atoms with Crippen LogP contribution >= 0.6 is 0 Å². The lowest BCUT2D eigenvalue weighted by Gasteiger charge is -2.18. The number of carbonyl (C=O) groups is 2. The fourth-order valence-electron chi connectivity index (χ4n) is 3.96. The van der Waals surface area contributed by atoms with Crippen molar-refractivity contribution in [2.24, 2.45) is 0 Å². The molecule has 1 aromatic heterocycles. The molecule has 4 aromatic rings. The van der Waals surface area contributed by atoms with Crippen molar-refractivity contribution in [2.75, 3.05) is 7.05 Å². The second kappa shape index (κ2) is 10.9. The maximum atomic E-state index is 13.5. The molecule has 1 amide bonds. The van der Waals surface area contributed by atoms with Gasteiger partial charge < -0.3 is 10.0 Å². The van der Waals surface area contributed by atoms with Crippen molar-refractivity contribution in [3.8, 4) is 11.3 Å². The molecule has 0 aliphatic carbocycles. The Morgan fingerprint density at radius 2 is 1.66 bits per heavy atom. The predicted octanol–water partition coefficient (Wildman–Crippen LogP) is 5.51. The number of fused-ring (bicyclic) bond motifs is 1. The summed E-state index contributed by atoms with van der Waals surface area (Å²) in [6, 6.07) is 21.1. The van der Waals surface area contributed by atoms with Crippen LogP contribution in [0.5, 0.6) is 0 Å². The van der Waals surface area contributed by atoms with Crippen molar-refractivity contribution in [3.63, 3.8) is 0 Å². The monoisotopic (exact) mass is 471 g/mol. The molecule has 0 spiro atoms. The van der Waals surface area contributed by atoms with E-state index in [4.69, 9.17) is 15.1 Å². The Bertz CT molecular complexity index is 1340. The number of halogens is 1. The number of hydrogen-bond donors (Lipinski definition) is 1.